The van der Waals surface area contributed by atoms with E-state index < -0.39 is 0 Å². The zero-order chi connectivity index (χ0) is 11.1. The average molecular weight is 280 g/mol. The Morgan fingerprint density at radius 1 is 0.789 bits per heavy atom. The van der Waals surface area contributed by atoms with Crippen LogP contribution >= 0.6 is 0 Å². The van der Waals surface area contributed by atoms with Crippen LogP contribution in [0.15, 0.2) is 0 Å². The van der Waals surface area contributed by atoms with E-state index in [1.807, 2.05) is 6.92 Å². The average Bonchev–Trinajstić information content (AvgIpc) is 2.10. The van der Waals surface area contributed by atoms with Crippen LogP contribution < -0.4 is 0 Å². The Morgan fingerprint density at radius 3 is 1.47 bits per heavy atom. The molecule has 0 atom stereocenters. The lowest BCUT2D eigenvalue weighted by molar-refractivity contribution is -0.132. The van der Waals surface area contributed by atoms with Crippen LogP contribution in [0, 0.1) is 0 Å². The molecule has 0 saturated carbocycles. The molecule has 19 heavy (non-hydrogen) atoms. The van der Waals surface area contributed by atoms with E-state index >= 15 is 0 Å². The topological polar surface area (TPSA) is 40.6 Å². The van der Waals surface area contributed by atoms with Crippen LogP contribution in [0.4, 0.5) is 0 Å². The summed E-state index contributed by atoms with van der Waals surface area (Å²) in [6.45, 7) is 7.11. The van der Waals surface area contributed by atoms with Gasteiger partial charge in [-0.1, -0.05) is 44.1 Å². The second-order valence-corrected chi connectivity index (χ2v) is 3.45. The summed E-state index contributed by atoms with van der Waals surface area (Å²) in [5.74, 6) is 0.105. The Morgan fingerprint density at radius 2 is 1.21 bits per heavy atom. The summed E-state index contributed by atoms with van der Waals surface area (Å²) in [6.07, 6.45) is 0.948. The highest BCUT2D eigenvalue weighted by molar-refractivity contribution is 5.74. The summed E-state index contributed by atoms with van der Waals surface area (Å²) in [4.78, 5) is 25.4. The summed E-state index contributed by atoms with van der Waals surface area (Å²) in [5.41, 5.74) is 0. The van der Waals surface area contributed by atoms with E-state index in [0.29, 0.717) is 13.1 Å². The van der Waals surface area contributed by atoms with Gasteiger partial charge in [0.2, 0.25) is 11.8 Å². The minimum absolute atomic E-state index is 0. The molecule has 0 aliphatic rings. The smallest absolute Gasteiger partial charge is 0.219 e. The number of likely N-dealkylation sites (N-methyl/N-ethyl adjacent to an activating group) is 1. The second kappa shape index (κ2) is 19.3. The molecule has 0 fully saturated rings. The number of amides is 2. The number of hydrogen-bond donors (Lipinski definition) is 0. The molecule has 0 aromatic heterocycles. The van der Waals surface area contributed by atoms with Crippen molar-refractivity contribution in [2.75, 3.05) is 26.7 Å². The highest BCUT2D eigenvalue weighted by Crippen LogP contribution is 1.94. The van der Waals surface area contributed by atoms with Crippen LogP contribution in [0.2, 0.25) is 0 Å². The molecule has 122 valence electrons. The maximum absolute atomic E-state index is 11.1. The predicted molar refractivity (Wildman–Crippen MR) is 89.5 cm³/mol. The van der Waals surface area contributed by atoms with Gasteiger partial charge in [0, 0.05) is 40.5 Å². The van der Waals surface area contributed by atoms with Gasteiger partial charge in [-0.3, -0.25) is 9.59 Å². The third kappa shape index (κ3) is 16.9. The van der Waals surface area contributed by atoms with Gasteiger partial charge in [0.05, 0.1) is 0 Å². The molecule has 2 amide bonds. The third-order valence-corrected chi connectivity index (χ3v) is 2.18. The molecule has 0 rings (SSSR count). The second-order valence-electron chi connectivity index (χ2n) is 3.45. The SMILES string of the molecule is C.C.C.C.C.CCCN(CCN(C)C(C)=O)C(C)=O. The molecule has 4 heteroatoms. The first-order chi connectivity index (χ1) is 6.49. The van der Waals surface area contributed by atoms with Crippen molar-refractivity contribution in [2.45, 2.75) is 64.3 Å². The molecule has 0 aliphatic carbocycles. The zero-order valence-corrected chi connectivity index (χ0v) is 9.54. The lowest BCUT2D eigenvalue weighted by Crippen LogP contribution is -2.38. The van der Waals surface area contributed by atoms with E-state index in [-0.39, 0.29) is 48.9 Å². The van der Waals surface area contributed by atoms with Crippen molar-refractivity contribution in [3.05, 3.63) is 0 Å². The van der Waals surface area contributed by atoms with Crippen LogP contribution in [-0.4, -0.2) is 48.3 Å². The lowest BCUT2D eigenvalue weighted by Gasteiger charge is -2.23. The maximum atomic E-state index is 11.1. The van der Waals surface area contributed by atoms with Gasteiger partial charge >= 0.3 is 0 Å². The van der Waals surface area contributed by atoms with Gasteiger partial charge in [0.1, 0.15) is 0 Å². The quantitative estimate of drug-likeness (QED) is 0.766. The van der Waals surface area contributed by atoms with Gasteiger partial charge in [-0.05, 0) is 6.42 Å². The van der Waals surface area contributed by atoms with E-state index in [1.54, 1.807) is 23.8 Å². The zero-order valence-electron chi connectivity index (χ0n) is 9.54. The Hall–Kier alpha value is -1.06. The van der Waals surface area contributed by atoms with E-state index in [0.717, 1.165) is 13.0 Å². The number of rotatable bonds is 5. The molecule has 0 bridgehead atoms. The van der Waals surface area contributed by atoms with Crippen molar-refractivity contribution >= 4 is 11.8 Å². The fourth-order valence-corrected chi connectivity index (χ4v) is 1.12. The molecular weight excluding hydrogens is 240 g/mol. The fourth-order valence-electron chi connectivity index (χ4n) is 1.12. The molecule has 4 nitrogen and oxygen atoms in total. The number of carbonyl (C=O) groups is 2. The standard InChI is InChI=1S/C10H20N2O2.5CH4/c1-5-6-12(10(3)14)8-7-11(4)9(2)13;;;;;/h5-8H2,1-4H3;5*1H4. The van der Waals surface area contributed by atoms with E-state index in [2.05, 4.69) is 0 Å². The lowest BCUT2D eigenvalue weighted by atomic mass is 10.3. The molecule has 0 aromatic rings. The summed E-state index contributed by atoms with van der Waals surface area (Å²) >= 11 is 0. The first-order valence-corrected chi connectivity index (χ1v) is 4.96. The predicted octanol–water partition coefficient (Wildman–Crippen LogP) is 3.90. The number of hydrogen-bond acceptors (Lipinski definition) is 2. The van der Waals surface area contributed by atoms with Crippen LogP contribution in [0.1, 0.15) is 64.3 Å². The van der Waals surface area contributed by atoms with E-state index in [4.69, 9.17) is 0 Å². The molecule has 0 spiro atoms. The van der Waals surface area contributed by atoms with E-state index in [9.17, 15) is 9.59 Å². The van der Waals surface area contributed by atoms with Gasteiger partial charge < -0.3 is 9.80 Å². The monoisotopic (exact) mass is 280 g/mol. The normalized spacial score (nSPS) is 7.16. The van der Waals surface area contributed by atoms with Gasteiger partial charge in [-0.2, -0.15) is 0 Å². The Labute approximate surface area is 123 Å². The van der Waals surface area contributed by atoms with Crippen LogP contribution in [-0.2, 0) is 9.59 Å². The van der Waals surface area contributed by atoms with Crippen molar-refractivity contribution < 1.29 is 9.59 Å². The van der Waals surface area contributed by atoms with Gasteiger partial charge in [0.25, 0.3) is 0 Å². The Balaban J connectivity index is -0.0000000845. The summed E-state index contributed by atoms with van der Waals surface area (Å²) in [6, 6.07) is 0. The van der Waals surface area contributed by atoms with Crippen molar-refractivity contribution in [3.63, 3.8) is 0 Å². The third-order valence-electron chi connectivity index (χ3n) is 2.18. The maximum Gasteiger partial charge on any atom is 0.219 e. The Kier molecular flexibility index (Phi) is 36.7. The minimum Gasteiger partial charge on any atom is -0.344 e. The molecular formula is C15H40N2O2. The fraction of sp³-hybridized carbons (Fsp3) is 0.867. The van der Waals surface area contributed by atoms with Crippen molar-refractivity contribution in [1.82, 2.24) is 9.80 Å². The molecule has 0 aromatic carbocycles. The van der Waals surface area contributed by atoms with Crippen molar-refractivity contribution in [1.29, 1.82) is 0 Å². The van der Waals surface area contributed by atoms with Crippen molar-refractivity contribution in [3.8, 4) is 0 Å². The minimum atomic E-state index is 0. The highest BCUT2D eigenvalue weighted by Gasteiger charge is 2.09. The van der Waals surface area contributed by atoms with Crippen molar-refractivity contribution in [2.24, 2.45) is 0 Å². The highest BCUT2D eigenvalue weighted by atomic mass is 16.2. The summed E-state index contributed by atoms with van der Waals surface area (Å²) < 4.78 is 0. The van der Waals surface area contributed by atoms with Gasteiger partial charge in [-0.15, -0.1) is 0 Å². The number of nitrogens with zero attached hydrogens (tertiary/aromatic N) is 2. The molecule has 0 N–H and O–H groups in total. The largest absolute Gasteiger partial charge is 0.344 e. The molecule has 0 aliphatic heterocycles. The van der Waals surface area contributed by atoms with Gasteiger partial charge in [-0.25, -0.2) is 0 Å². The van der Waals surface area contributed by atoms with E-state index in [1.165, 1.54) is 6.92 Å². The number of carbonyl (C=O) groups excluding carboxylic acids is 2. The molecule has 0 heterocycles. The van der Waals surface area contributed by atoms with Gasteiger partial charge in [0.15, 0.2) is 0 Å². The molecule has 0 saturated heterocycles. The van der Waals surface area contributed by atoms with Crippen LogP contribution in [0.3, 0.4) is 0 Å². The first-order valence-electron chi connectivity index (χ1n) is 4.96. The van der Waals surface area contributed by atoms with Crippen LogP contribution in [0.25, 0.3) is 0 Å². The molecule has 0 radical (unpaired) electrons. The first kappa shape index (κ1) is 36.1. The summed E-state index contributed by atoms with van der Waals surface area (Å²) in [5, 5.41) is 0. The Bertz CT molecular complexity index is 206. The molecule has 0 unspecified atom stereocenters. The summed E-state index contributed by atoms with van der Waals surface area (Å²) in [7, 11) is 1.74. The van der Waals surface area contributed by atoms with Crippen LogP contribution in [0.5, 0.6) is 0 Å².